The van der Waals surface area contributed by atoms with Gasteiger partial charge >= 0.3 is 0 Å². The largest absolute Gasteiger partial charge is 0.255 e. The highest BCUT2D eigenvalue weighted by atomic mass is 14.8. The van der Waals surface area contributed by atoms with E-state index in [2.05, 4.69) is 16.6 Å². The topological polar surface area (TPSA) is 24.7 Å². The van der Waals surface area contributed by atoms with Crippen molar-refractivity contribution in [3.63, 3.8) is 0 Å². The van der Waals surface area contributed by atoms with Crippen molar-refractivity contribution in [2.45, 2.75) is 41.5 Å². The monoisotopic (exact) mass is 220 g/mol. The summed E-state index contributed by atoms with van der Waals surface area (Å²) in [4.78, 5) is 8.33. The molecule has 1 heterocycles. The Bertz CT molecular complexity index is 305. The SMILES string of the molecule is C=CN=C1C=C(C)C=N/C1=C/C.CC.CC. The summed E-state index contributed by atoms with van der Waals surface area (Å²) in [7, 11) is 0. The minimum atomic E-state index is 0.882. The van der Waals surface area contributed by atoms with E-state index in [-0.39, 0.29) is 0 Å². The number of dihydropyridines is 1. The Morgan fingerprint density at radius 3 is 2.25 bits per heavy atom. The molecule has 0 fully saturated rings. The van der Waals surface area contributed by atoms with Crippen molar-refractivity contribution in [1.82, 2.24) is 0 Å². The third kappa shape index (κ3) is 6.12. The normalized spacial score (nSPS) is 18.0. The van der Waals surface area contributed by atoms with Crippen LogP contribution in [0.25, 0.3) is 0 Å². The molecule has 16 heavy (non-hydrogen) atoms. The van der Waals surface area contributed by atoms with E-state index < -0.39 is 0 Å². The molecular formula is C14H24N2. The predicted octanol–water partition coefficient (Wildman–Crippen LogP) is 4.56. The second-order valence-electron chi connectivity index (χ2n) is 2.52. The molecule has 0 bridgehead atoms. The zero-order chi connectivity index (χ0) is 13.0. The first-order chi connectivity index (χ1) is 7.77. The maximum absolute atomic E-state index is 4.22. The summed E-state index contributed by atoms with van der Waals surface area (Å²) in [6, 6.07) is 0. The quantitative estimate of drug-likeness (QED) is 0.619. The third-order valence-electron chi connectivity index (χ3n) is 1.54. The van der Waals surface area contributed by atoms with Gasteiger partial charge in [-0.1, -0.05) is 40.3 Å². The zero-order valence-corrected chi connectivity index (χ0v) is 11.4. The fourth-order valence-electron chi connectivity index (χ4n) is 0.989. The summed E-state index contributed by atoms with van der Waals surface area (Å²) < 4.78 is 0. The van der Waals surface area contributed by atoms with Gasteiger partial charge in [0.05, 0.1) is 11.4 Å². The van der Waals surface area contributed by atoms with Crippen molar-refractivity contribution in [2.24, 2.45) is 9.98 Å². The van der Waals surface area contributed by atoms with Crippen molar-refractivity contribution in [2.75, 3.05) is 0 Å². The molecule has 0 unspecified atom stereocenters. The van der Waals surface area contributed by atoms with Gasteiger partial charge in [0.25, 0.3) is 0 Å². The van der Waals surface area contributed by atoms with Gasteiger partial charge in [0.1, 0.15) is 0 Å². The van der Waals surface area contributed by atoms with Crippen molar-refractivity contribution in [3.05, 3.63) is 36.2 Å². The number of allylic oxidation sites excluding steroid dienone is 3. The van der Waals surface area contributed by atoms with Crippen LogP contribution in [0.3, 0.4) is 0 Å². The molecule has 0 saturated heterocycles. The van der Waals surface area contributed by atoms with Crippen LogP contribution < -0.4 is 0 Å². The van der Waals surface area contributed by atoms with Crippen molar-refractivity contribution in [1.29, 1.82) is 0 Å². The number of hydrogen-bond acceptors (Lipinski definition) is 2. The molecule has 0 atom stereocenters. The van der Waals surface area contributed by atoms with Crippen LogP contribution in [0.2, 0.25) is 0 Å². The van der Waals surface area contributed by atoms with Crippen molar-refractivity contribution >= 4 is 11.9 Å². The average Bonchev–Trinajstić information content (AvgIpc) is 2.35. The summed E-state index contributed by atoms with van der Waals surface area (Å²) in [5.41, 5.74) is 2.90. The first-order valence-electron chi connectivity index (χ1n) is 5.85. The zero-order valence-electron chi connectivity index (χ0n) is 11.4. The van der Waals surface area contributed by atoms with E-state index >= 15 is 0 Å². The molecule has 1 aliphatic rings. The van der Waals surface area contributed by atoms with E-state index in [1.165, 1.54) is 6.20 Å². The molecule has 0 spiro atoms. The minimum Gasteiger partial charge on any atom is -0.255 e. The van der Waals surface area contributed by atoms with E-state index in [4.69, 9.17) is 0 Å². The highest BCUT2D eigenvalue weighted by molar-refractivity contribution is 6.14. The molecule has 2 nitrogen and oxygen atoms in total. The van der Waals surface area contributed by atoms with E-state index in [9.17, 15) is 0 Å². The lowest BCUT2D eigenvalue weighted by Crippen LogP contribution is -2.03. The van der Waals surface area contributed by atoms with Crippen LogP contribution in [-0.4, -0.2) is 11.9 Å². The Labute approximate surface area is 100 Å². The molecule has 1 rings (SSSR count). The smallest absolute Gasteiger partial charge is 0.0885 e. The summed E-state index contributed by atoms with van der Waals surface area (Å²) in [5, 5.41) is 0. The lowest BCUT2D eigenvalue weighted by Gasteiger charge is -2.06. The molecular weight excluding hydrogens is 196 g/mol. The van der Waals surface area contributed by atoms with Crippen LogP contribution in [0.1, 0.15) is 41.5 Å². The fourth-order valence-corrected chi connectivity index (χ4v) is 0.989. The molecule has 90 valence electrons. The van der Waals surface area contributed by atoms with Crippen LogP contribution in [-0.2, 0) is 0 Å². The van der Waals surface area contributed by atoms with Crippen molar-refractivity contribution in [3.8, 4) is 0 Å². The number of aliphatic imine (C=N–C) groups is 2. The number of nitrogens with zero attached hydrogens (tertiary/aromatic N) is 2. The second-order valence-corrected chi connectivity index (χ2v) is 2.52. The van der Waals surface area contributed by atoms with Crippen LogP contribution >= 0.6 is 0 Å². The van der Waals surface area contributed by atoms with Gasteiger partial charge in [0, 0.05) is 12.4 Å². The standard InChI is InChI=1S/C10H12N2.2C2H6/c1-4-9-10(11-5-2)6-8(3)7-12-9;2*1-2/h4-7H,2H2,1,3H3;2*1-2H3/b9-4+,11-10?;;. The summed E-state index contributed by atoms with van der Waals surface area (Å²) in [6.07, 6.45) is 7.28. The molecule has 0 N–H and O–H groups in total. The van der Waals surface area contributed by atoms with Gasteiger partial charge in [0.15, 0.2) is 0 Å². The third-order valence-corrected chi connectivity index (χ3v) is 1.54. The van der Waals surface area contributed by atoms with E-state index in [1.54, 1.807) is 0 Å². The Hall–Kier alpha value is -1.44. The molecule has 0 aromatic rings. The molecule has 1 aliphatic heterocycles. The molecule has 0 aromatic carbocycles. The summed E-state index contributed by atoms with van der Waals surface area (Å²) >= 11 is 0. The second kappa shape index (κ2) is 11.6. The minimum absolute atomic E-state index is 0.882. The maximum Gasteiger partial charge on any atom is 0.0885 e. The molecule has 0 saturated carbocycles. The van der Waals surface area contributed by atoms with Crippen LogP contribution in [0.15, 0.2) is 46.2 Å². The predicted molar refractivity (Wildman–Crippen MR) is 76.3 cm³/mol. The Morgan fingerprint density at radius 1 is 1.25 bits per heavy atom. The lowest BCUT2D eigenvalue weighted by molar-refractivity contribution is 1.37. The van der Waals surface area contributed by atoms with Gasteiger partial charge < -0.3 is 0 Å². The molecule has 0 aliphatic carbocycles. The summed E-state index contributed by atoms with van der Waals surface area (Å²) in [6.45, 7) is 15.5. The Morgan fingerprint density at radius 2 is 1.81 bits per heavy atom. The maximum atomic E-state index is 4.22. The van der Waals surface area contributed by atoms with E-state index in [0.29, 0.717) is 0 Å². The van der Waals surface area contributed by atoms with Gasteiger partial charge in [0.2, 0.25) is 0 Å². The molecule has 0 radical (unpaired) electrons. The van der Waals surface area contributed by atoms with Crippen molar-refractivity contribution < 1.29 is 0 Å². The fraction of sp³-hybridized carbons (Fsp3) is 0.429. The highest BCUT2D eigenvalue weighted by Gasteiger charge is 2.05. The first kappa shape index (κ1) is 17.0. The van der Waals surface area contributed by atoms with E-state index in [1.807, 2.05) is 59.9 Å². The van der Waals surface area contributed by atoms with Crippen LogP contribution in [0.5, 0.6) is 0 Å². The first-order valence-corrected chi connectivity index (χ1v) is 5.85. The van der Waals surface area contributed by atoms with Crippen LogP contribution in [0, 0.1) is 0 Å². The van der Waals surface area contributed by atoms with E-state index in [0.717, 1.165) is 17.0 Å². The van der Waals surface area contributed by atoms with Gasteiger partial charge in [-0.25, -0.2) is 0 Å². The van der Waals surface area contributed by atoms with Gasteiger partial charge in [-0.3, -0.25) is 9.98 Å². The average molecular weight is 220 g/mol. The molecule has 2 heteroatoms. The molecule has 0 amide bonds. The number of rotatable bonds is 1. The Balaban J connectivity index is 0. The molecule has 0 aromatic heterocycles. The van der Waals surface area contributed by atoms with Gasteiger partial charge in [-0.2, -0.15) is 0 Å². The van der Waals surface area contributed by atoms with Gasteiger partial charge in [-0.15, -0.1) is 0 Å². The number of hydrogen-bond donors (Lipinski definition) is 0. The highest BCUT2D eigenvalue weighted by Crippen LogP contribution is 2.09. The lowest BCUT2D eigenvalue weighted by atomic mass is 10.1. The Kier molecular flexibility index (Phi) is 12.3. The van der Waals surface area contributed by atoms with Gasteiger partial charge in [-0.05, 0) is 25.5 Å². The van der Waals surface area contributed by atoms with Crippen LogP contribution in [0.4, 0.5) is 0 Å². The summed E-state index contributed by atoms with van der Waals surface area (Å²) in [5.74, 6) is 0.